The second kappa shape index (κ2) is 4.42. The number of epoxide rings is 2. The lowest BCUT2D eigenvalue weighted by molar-refractivity contribution is -0.133. The first-order chi connectivity index (χ1) is 8.22. The van der Waals surface area contributed by atoms with Gasteiger partial charge in [-0.3, -0.25) is 0 Å². The van der Waals surface area contributed by atoms with Crippen LogP contribution in [0, 0.1) is 11.8 Å². The van der Waals surface area contributed by atoms with Crippen molar-refractivity contribution in [1.82, 2.24) is 0 Å². The molecule has 3 aliphatic rings. The van der Waals surface area contributed by atoms with Crippen LogP contribution in [0.2, 0.25) is 0 Å². The van der Waals surface area contributed by atoms with Crippen LogP contribution in [0.4, 0.5) is 0 Å². The molecule has 4 atom stereocenters. The SMILES string of the molecule is O=C(O)C1=CCC(CC2CO2)C(CC2CO2)C1. The number of carbonyl (C=O) groups is 1. The van der Waals surface area contributed by atoms with Crippen molar-refractivity contribution in [2.75, 3.05) is 13.2 Å². The minimum atomic E-state index is -0.757. The highest BCUT2D eigenvalue weighted by molar-refractivity contribution is 5.86. The maximum atomic E-state index is 11.0. The van der Waals surface area contributed by atoms with Crippen LogP contribution in [0.1, 0.15) is 25.7 Å². The first kappa shape index (κ1) is 11.2. The van der Waals surface area contributed by atoms with Gasteiger partial charge in [0.1, 0.15) is 0 Å². The quantitative estimate of drug-likeness (QED) is 0.739. The van der Waals surface area contributed by atoms with E-state index in [9.17, 15) is 4.79 Å². The van der Waals surface area contributed by atoms with Crippen molar-refractivity contribution in [3.05, 3.63) is 11.6 Å². The van der Waals surface area contributed by atoms with Gasteiger partial charge in [-0.25, -0.2) is 4.79 Å². The molecular weight excluding hydrogens is 220 g/mol. The molecule has 0 aromatic rings. The van der Waals surface area contributed by atoms with Crippen molar-refractivity contribution in [2.45, 2.75) is 37.9 Å². The number of hydrogen-bond acceptors (Lipinski definition) is 3. The van der Waals surface area contributed by atoms with Crippen molar-refractivity contribution in [3.8, 4) is 0 Å². The number of rotatable bonds is 5. The van der Waals surface area contributed by atoms with Crippen LogP contribution >= 0.6 is 0 Å². The van der Waals surface area contributed by atoms with Crippen LogP contribution in [0.15, 0.2) is 11.6 Å². The Hall–Kier alpha value is -0.870. The molecule has 0 bridgehead atoms. The highest BCUT2D eigenvalue weighted by atomic mass is 16.6. The molecule has 0 aromatic carbocycles. The Labute approximate surface area is 101 Å². The largest absolute Gasteiger partial charge is 0.478 e. The van der Waals surface area contributed by atoms with E-state index in [-0.39, 0.29) is 0 Å². The summed E-state index contributed by atoms with van der Waals surface area (Å²) in [7, 11) is 0. The predicted octanol–water partition coefficient (Wildman–Crippen LogP) is 1.60. The van der Waals surface area contributed by atoms with Gasteiger partial charge in [0.05, 0.1) is 25.4 Å². The van der Waals surface area contributed by atoms with Gasteiger partial charge in [-0.05, 0) is 37.5 Å². The van der Waals surface area contributed by atoms with Crippen LogP contribution in [0.3, 0.4) is 0 Å². The molecule has 2 heterocycles. The summed E-state index contributed by atoms with van der Waals surface area (Å²) in [6, 6.07) is 0. The second-order valence-electron chi connectivity index (χ2n) is 5.38. The van der Waals surface area contributed by atoms with Crippen molar-refractivity contribution in [1.29, 1.82) is 0 Å². The molecule has 94 valence electrons. The van der Waals surface area contributed by atoms with Gasteiger partial charge in [0.15, 0.2) is 0 Å². The van der Waals surface area contributed by atoms with Gasteiger partial charge in [-0.1, -0.05) is 6.08 Å². The highest BCUT2D eigenvalue weighted by Gasteiger charge is 2.37. The van der Waals surface area contributed by atoms with Crippen molar-refractivity contribution < 1.29 is 19.4 Å². The van der Waals surface area contributed by atoms with Gasteiger partial charge in [0.25, 0.3) is 0 Å². The van der Waals surface area contributed by atoms with Gasteiger partial charge in [-0.2, -0.15) is 0 Å². The molecule has 1 aliphatic carbocycles. The number of carboxylic acid groups (broad SMARTS) is 1. The molecular formula is C13H18O4. The standard InChI is InChI=1S/C13H18O4/c14-13(15)9-2-1-8(4-11-6-16-11)10(3-9)5-12-7-17-12/h2,8,10-12H,1,3-7H2,(H,14,15). The van der Waals surface area contributed by atoms with Gasteiger partial charge in [0, 0.05) is 5.57 Å². The van der Waals surface area contributed by atoms with Gasteiger partial charge >= 0.3 is 5.97 Å². The third-order valence-electron chi connectivity index (χ3n) is 4.03. The minimum Gasteiger partial charge on any atom is -0.478 e. The molecule has 3 rings (SSSR count). The maximum absolute atomic E-state index is 11.0. The Morgan fingerprint density at radius 3 is 2.35 bits per heavy atom. The smallest absolute Gasteiger partial charge is 0.331 e. The zero-order valence-electron chi connectivity index (χ0n) is 9.80. The van der Waals surface area contributed by atoms with E-state index in [2.05, 4.69) is 0 Å². The summed E-state index contributed by atoms with van der Waals surface area (Å²) in [5.41, 5.74) is 0.587. The van der Waals surface area contributed by atoms with Gasteiger partial charge in [-0.15, -0.1) is 0 Å². The summed E-state index contributed by atoms with van der Waals surface area (Å²) in [4.78, 5) is 11.0. The summed E-state index contributed by atoms with van der Waals surface area (Å²) in [6.07, 6.45) is 6.41. The van der Waals surface area contributed by atoms with E-state index in [1.807, 2.05) is 6.08 Å². The third-order valence-corrected chi connectivity index (χ3v) is 4.03. The van der Waals surface area contributed by atoms with Crippen LogP contribution in [-0.2, 0) is 14.3 Å². The molecule has 4 unspecified atom stereocenters. The van der Waals surface area contributed by atoms with Crippen LogP contribution in [0.5, 0.6) is 0 Å². The fourth-order valence-corrected chi connectivity index (χ4v) is 2.84. The molecule has 17 heavy (non-hydrogen) atoms. The third kappa shape index (κ3) is 2.87. The maximum Gasteiger partial charge on any atom is 0.331 e. The Balaban J connectivity index is 1.64. The average molecular weight is 238 g/mol. The zero-order valence-corrected chi connectivity index (χ0v) is 9.80. The first-order valence-electron chi connectivity index (χ1n) is 6.38. The van der Waals surface area contributed by atoms with E-state index in [0.29, 0.717) is 36.0 Å². The summed E-state index contributed by atoms with van der Waals surface area (Å²) in [5.74, 6) is 0.283. The van der Waals surface area contributed by atoms with E-state index in [4.69, 9.17) is 14.6 Å². The summed E-state index contributed by atoms with van der Waals surface area (Å²) < 4.78 is 10.6. The fourth-order valence-electron chi connectivity index (χ4n) is 2.84. The Morgan fingerprint density at radius 2 is 1.82 bits per heavy atom. The molecule has 0 spiro atoms. The van der Waals surface area contributed by atoms with Crippen LogP contribution in [0.25, 0.3) is 0 Å². The predicted molar refractivity (Wildman–Crippen MR) is 60.6 cm³/mol. The molecule has 4 nitrogen and oxygen atoms in total. The molecule has 4 heteroatoms. The summed E-state index contributed by atoms with van der Waals surface area (Å²) in [6.45, 7) is 1.74. The molecule has 2 fully saturated rings. The summed E-state index contributed by atoms with van der Waals surface area (Å²) >= 11 is 0. The monoisotopic (exact) mass is 238 g/mol. The highest BCUT2D eigenvalue weighted by Crippen LogP contribution is 2.39. The number of ether oxygens (including phenoxy) is 2. The van der Waals surface area contributed by atoms with E-state index in [1.54, 1.807) is 0 Å². The summed E-state index contributed by atoms with van der Waals surface area (Å²) in [5, 5.41) is 9.06. The van der Waals surface area contributed by atoms with Crippen LogP contribution in [-0.4, -0.2) is 36.5 Å². The van der Waals surface area contributed by atoms with E-state index < -0.39 is 5.97 Å². The van der Waals surface area contributed by atoms with Crippen molar-refractivity contribution in [3.63, 3.8) is 0 Å². The van der Waals surface area contributed by atoms with Crippen LogP contribution < -0.4 is 0 Å². The molecule has 0 amide bonds. The lowest BCUT2D eigenvalue weighted by atomic mass is 9.75. The number of aliphatic carboxylic acids is 1. The van der Waals surface area contributed by atoms with Gasteiger partial charge < -0.3 is 14.6 Å². The van der Waals surface area contributed by atoms with E-state index in [1.165, 1.54) is 0 Å². The Kier molecular flexibility index (Phi) is 2.92. The number of hydrogen-bond donors (Lipinski definition) is 1. The molecule has 2 aliphatic heterocycles. The average Bonchev–Trinajstić information content (AvgIpc) is 3.14. The zero-order chi connectivity index (χ0) is 11.8. The molecule has 0 saturated carbocycles. The molecule has 1 N–H and O–H groups in total. The lowest BCUT2D eigenvalue weighted by Crippen LogP contribution is -2.24. The minimum absolute atomic E-state index is 0.385. The Bertz CT molecular complexity index is 341. The van der Waals surface area contributed by atoms with Crippen molar-refractivity contribution in [2.24, 2.45) is 11.8 Å². The molecule has 0 aromatic heterocycles. The number of allylic oxidation sites excluding steroid dienone is 1. The number of carboxylic acids is 1. The Morgan fingerprint density at radius 1 is 1.24 bits per heavy atom. The van der Waals surface area contributed by atoms with E-state index >= 15 is 0 Å². The van der Waals surface area contributed by atoms with Gasteiger partial charge in [0.2, 0.25) is 0 Å². The normalized spacial score (nSPS) is 39.6. The fraction of sp³-hybridized carbons (Fsp3) is 0.769. The second-order valence-corrected chi connectivity index (χ2v) is 5.38. The molecule has 0 radical (unpaired) electrons. The van der Waals surface area contributed by atoms with E-state index in [0.717, 1.165) is 32.5 Å². The molecule has 2 saturated heterocycles. The first-order valence-corrected chi connectivity index (χ1v) is 6.38. The lowest BCUT2D eigenvalue weighted by Gasteiger charge is -2.29. The van der Waals surface area contributed by atoms with Crippen molar-refractivity contribution >= 4 is 5.97 Å². The topological polar surface area (TPSA) is 62.4 Å².